The number of anilines is 1. The average Bonchev–Trinajstić information content (AvgIpc) is 2.98. The van der Waals surface area contributed by atoms with Crippen LogP contribution >= 0.6 is 23.4 Å². The molecule has 0 aliphatic heterocycles. The Morgan fingerprint density at radius 1 is 1.27 bits per heavy atom. The van der Waals surface area contributed by atoms with E-state index in [1.807, 2.05) is 31.2 Å². The van der Waals surface area contributed by atoms with Gasteiger partial charge in [0, 0.05) is 11.3 Å². The minimum atomic E-state index is -0.543. The molecule has 0 unspecified atom stereocenters. The number of nitrogens with zero attached hydrogens (tertiary/aromatic N) is 3. The molecule has 9 heteroatoms. The molecule has 1 aromatic heterocycles. The van der Waals surface area contributed by atoms with E-state index in [1.165, 1.54) is 22.9 Å². The smallest absolute Gasteiger partial charge is 0.234 e. The fourth-order valence-electron chi connectivity index (χ4n) is 2.18. The first-order valence-electron chi connectivity index (χ1n) is 7.59. The molecule has 0 radical (unpaired) electrons. The molecule has 0 bridgehead atoms. The molecule has 2 aromatic carbocycles. The van der Waals surface area contributed by atoms with Crippen LogP contribution in [0.5, 0.6) is 0 Å². The van der Waals surface area contributed by atoms with E-state index in [9.17, 15) is 9.18 Å². The monoisotopic (exact) mass is 391 g/mol. The number of nitrogens with two attached hydrogens (primary N) is 1. The summed E-state index contributed by atoms with van der Waals surface area (Å²) in [7, 11) is 0. The first-order chi connectivity index (χ1) is 12.4. The minimum absolute atomic E-state index is 0.0557. The molecule has 1 heterocycles. The number of thioether (sulfide) groups is 1. The van der Waals surface area contributed by atoms with E-state index >= 15 is 0 Å². The zero-order valence-corrected chi connectivity index (χ0v) is 15.3. The van der Waals surface area contributed by atoms with Gasteiger partial charge in [-0.3, -0.25) is 4.79 Å². The summed E-state index contributed by atoms with van der Waals surface area (Å²) in [5.41, 5.74) is 2.38. The van der Waals surface area contributed by atoms with Crippen LogP contribution in [-0.4, -0.2) is 26.5 Å². The number of aromatic nitrogens is 3. The lowest BCUT2D eigenvalue weighted by atomic mass is 10.1. The Labute approximate surface area is 158 Å². The van der Waals surface area contributed by atoms with Crippen molar-refractivity contribution in [2.24, 2.45) is 0 Å². The highest BCUT2D eigenvalue weighted by molar-refractivity contribution is 7.99. The van der Waals surface area contributed by atoms with Gasteiger partial charge >= 0.3 is 0 Å². The van der Waals surface area contributed by atoms with E-state index in [-0.39, 0.29) is 16.7 Å². The lowest BCUT2D eigenvalue weighted by Crippen LogP contribution is -2.16. The second-order valence-electron chi connectivity index (χ2n) is 5.51. The van der Waals surface area contributed by atoms with Crippen LogP contribution in [0.2, 0.25) is 5.02 Å². The van der Waals surface area contributed by atoms with Crippen molar-refractivity contribution in [3.05, 3.63) is 58.9 Å². The molecule has 3 aromatic rings. The van der Waals surface area contributed by atoms with Crippen LogP contribution in [-0.2, 0) is 4.79 Å². The highest BCUT2D eigenvalue weighted by atomic mass is 35.5. The van der Waals surface area contributed by atoms with Crippen molar-refractivity contribution in [1.29, 1.82) is 0 Å². The summed E-state index contributed by atoms with van der Waals surface area (Å²) in [6.45, 7) is 1.99. The summed E-state index contributed by atoms with van der Waals surface area (Å²) in [5, 5.41) is 11.1. The van der Waals surface area contributed by atoms with Crippen LogP contribution < -0.4 is 11.2 Å². The van der Waals surface area contributed by atoms with Gasteiger partial charge in [0.2, 0.25) is 11.1 Å². The van der Waals surface area contributed by atoms with Crippen LogP contribution in [0.1, 0.15) is 5.56 Å². The molecule has 3 N–H and O–H groups in total. The Morgan fingerprint density at radius 3 is 2.69 bits per heavy atom. The van der Waals surface area contributed by atoms with Gasteiger partial charge < -0.3 is 11.2 Å². The first-order valence-corrected chi connectivity index (χ1v) is 8.95. The van der Waals surface area contributed by atoms with E-state index in [0.717, 1.165) is 22.9 Å². The zero-order valence-electron chi connectivity index (χ0n) is 13.7. The van der Waals surface area contributed by atoms with Crippen molar-refractivity contribution in [2.45, 2.75) is 12.1 Å². The van der Waals surface area contributed by atoms with Crippen LogP contribution in [0.3, 0.4) is 0 Å². The van der Waals surface area contributed by atoms with E-state index in [0.29, 0.717) is 16.7 Å². The number of nitrogens with one attached hydrogen (secondary N) is 1. The van der Waals surface area contributed by atoms with Crippen molar-refractivity contribution >= 4 is 35.0 Å². The molecule has 0 aliphatic carbocycles. The van der Waals surface area contributed by atoms with Gasteiger partial charge in [0.1, 0.15) is 5.82 Å². The van der Waals surface area contributed by atoms with E-state index < -0.39 is 5.82 Å². The van der Waals surface area contributed by atoms with Crippen LogP contribution in [0.4, 0.5) is 10.1 Å². The maximum atomic E-state index is 13.1. The Balaban J connectivity index is 1.63. The second kappa shape index (κ2) is 7.76. The number of nitrogen functional groups attached to an aromatic ring is 1. The molecule has 26 heavy (non-hydrogen) atoms. The third-order valence-electron chi connectivity index (χ3n) is 3.51. The van der Waals surface area contributed by atoms with Crippen molar-refractivity contribution < 1.29 is 9.18 Å². The van der Waals surface area contributed by atoms with Gasteiger partial charge in [-0.2, -0.15) is 0 Å². The minimum Gasteiger partial charge on any atom is -0.335 e. The molecule has 0 spiro atoms. The number of amides is 1. The molecule has 0 atom stereocenters. The summed E-state index contributed by atoms with van der Waals surface area (Å²) in [6, 6.07) is 11.7. The van der Waals surface area contributed by atoms with E-state index in [4.69, 9.17) is 17.4 Å². The lowest BCUT2D eigenvalue weighted by molar-refractivity contribution is -0.113. The molecule has 6 nitrogen and oxygen atoms in total. The third-order valence-corrected chi connectivity index (χ3v) is 4.74. The summed E-state index contributed by atoms with van der Waals surface area (Å²) in [4.78, 5) is 12.0. The third kappa shape index (κ3) is 4.14. The quantitative estimate of drug-likeness (QED) is 0.513. The molecule has 3 rings (SSSR count). The van der Waals surface area contributed by atoms with Crippen molar-refractivity contribution in [3.8, 4) is 11.4 Å². The molecule has 0 saturated heterocycles. The molecule has 1 amide bonds. The fraction of sp³-hybridized carbons (Fsp3) is 0.118. The number of hydrogen-bond acceptors (Lipinski definition) is 5. The number of aryl methyl sites for hydroxylation is 1. The molecule has 0 saturated carbocycles. The average molecular weight is 392 g/mol. The van der Waals surface area contributed by atoms with E-state index in [2.05, 4.69) is 15.5 Å². The molecule has 0 aliphatic rings. The molecular formula is C17H15ClFN5OS. The van der Waals surface area contributed by atoms with Crippen molar-refractivity contribution in [3.63, 3.8) is 0 Å². The number of benzene rings is 2. The highest BCUT2D eigenvalue weighted by Crippen LogP contribution is 2.23. The van der Waals surface area contributed by atoms with Crippen LogP contribution in [0.25, 0.3) is 11.4 Å². The normalized spacial score (nSPS) is 10.7. The molecule has 134 valence electrons. The van der Waals surface area contributed by atoms with Crippen molar-refractivity contribution in [1.82, 2.24) is 14.9 Å². The van der Waals surface area contributed by atoms with Gasteiger partial charge in [0.05, 0.1) is 10.8 Å². The number of carbonyl (C=O) groups excluding carboxylic acids is 1. The Kier molecular flexibility index (Phi) is 5.43. The van der Waals surface area contributed by atoms with Gasteiger partial charge in [-0.15, -0.1) is 10.2 Å². The maximum Gasteiger partial charge on any atom is 0.234 e. The summed E-state index contributed by atoms with van der Waals surface area (Å²) in [6.07, 6.45) is 0. The fourth-order valence-corrected chi connectivity index (χ4v) is 3.01. The largest absolute Gasteiger partial charge is 0.335 e. The van der Waals surface area contributed by atoms with Crippen LogP contribution in [0, 0.1) is 12.7 Å². The summed E-state index contributed by atoms with van der Waals surface area (Å²) >= 11 is 6.84. The lowest BCUT2D eigenvalue weighted by Gasteiger charge is -2.06. The van der Waals surface area contributed by atoms with Gasteiger partial charge in [0.25, 0.3) is 0 Å². The Morgan fingerprint density at radius 2 is 2.00 bits per heavy atom. The molecular weight excluding hydrogens is 377 g/mol. The summed E-state index contributed by atoms with van der Waals surface area (Å²) in [5.74, 6) is 5.77. The topological polar surface area (TPSA) is 85.8 Å². The number of carbonyl (C=O) groups is 1. The van der Waals surface area contributed by atoms with Crippen LogP contribution in [0.15, 0.2) is 47.6 Å². The Hall–Kier alpha value is -2.58. The highest BCUT2D eigenvalue weighted by Gasteiger charge is 2.14. The maximum absolute atomic E-state index is 13.1. The van der Waals surface area contributed by atoms with Crippen molar-refractivity contribution in [2.75, 3.05) is 16.9 Å². The van der Waals surface area contributed by atoms with Gasteiger partial charge in [-0.05, 0) is 25.1 Å². The number of halogens is 2. The zero-order chi connectivity index (χ0) is 18.7. The predicted octanol–water partition coefficient (Wildman–Crippen LogP) is 3.49. The first kappa shape index (κ1) is 18.2. The second-order valence-corrected chi connectivity index (χ2v) is 6.86. The number of hydrogen-bond donors (Lipinski definition) is 2. The van der Waals surface area contributed by atoms with Gasteiger partial charge in [-0.1, -0.05) is 53.2 Å². The predicted molar refractivity (Wildman–Crippen MR) is 101 cm³/mol. The van der Waals surface area contributed by atoms with Gasteiger partial charge in [0.15, 0.2) is 5.82 Å². The summed E-state index contributed by atoms with van der Waals surface area (Å²) < 4.78 is 14.5. The number of rotatable bonds is 5. The Bertz CT molecular complexity index is 945. The SMILES string of the molecule is Cc1ccc(-c2nnc(SCC(=O)Nc3ccc(F)c(Cl)c3)n2N)cc1. The van der Waals surface area contributed by atoms with E-state index in [1.54, 1.807) is 0 Å². The molecule has 0 fully saturated rings. The standard InChI is InChI=1S/C17H15ClFN5OS/c1-10-2-4-11(5-3-10)16-22-23-17(24(16)20)26-9-15(25)21-12-6-7-14(19)13(18)8-12/h2-8H,9,20H2,1H3,(H,21,25). The van der Waals surface area contributed by atoms with Gasteiger partial charge in [-0.25, -0.2) is 9.07 Å².